The average Bonchev–Trinajstić information content (AvgIpc) is 2.72. The van der Waals surface area contributed by atoms with Gasteiger partial charge in [0.1, 0.15) is 12.6 Å². The molecule has 0 unspecified atom stereocenters. The predicted octanol–water partition coefficient (Wildman–Crippen LogP) is 2.84. The van der Waals surface area contributed by atoms with Crippen molar-refractivity contribution in [1.29, 1.82) is 5.26 Å². The van der Waals surface area contributed by atoms with Crippen molar-refractivity contribution in [2.75, 3.05) is 6.54 Å². The van der Waals surface area contributed by atoms with E-state index in [1.807, 2.05) is 0 Å². The van der Waals surface area contributed by atoms with Crippen LogP contribution in [0.15, 0.2) is 59.5 Å². The van der Waals surface area contributed by atoms with Crippen LogP contribution in [-0.4, -0.2) is 31.3 Å². The number of rotatable bonds is 5. The molecule has 0 aliphatic carbocycles. The molecule has 0 spiro atoms. The molecule has 2 aromatic carbocycles. The maximum atomic E-state index is 13.0. The van der Waals surface area contributed by atoms with Gasteiger partial charge >= 0.3 is 5.97 Å². The van der Waals surface area contributed by atoms with Gasteiger partial charge in [-0.1, -0.05) is 36.4 Å². The highest BCUT2D eigenvalue weighted by atomic mass is 32.2. The molecule has 7 heteroatoms. The summed E-state index contributed by atoms with van der Waals surface area (Å²) in [5, 5.41) is 9.13. The van der Waals surface area contributed by atoms with E-state index in [9.17, 15) is 13.2 Å². The van der Waals surface area contributed by atoms with Gasteiger partial charge in [-0.25, -0.2) is 8.42 Å². The molecule has 1 aliphatic heterocycles. The topological polar surface area (TPSA) is 87.5 Å². The summed E-state index contributed by atoms with van der Waals surface area (Å²) in [5.74, 6) is -0.582. The first kappa shape index (κ1) is 19.1. The van der Waals surface area contributed by atoms with Crippen LogP contribution >= 0.6 is 0 Å². The lowest BCUT2D eigenvalue weighted by atomic mass is 10.1. The molecule has 0 amide bonds. The number of carbonyl (C=O) groups is 1. The van der Waals surface area contributed by atoms with Crippen molar-refractivity contribution in [3.05, 3.63) is 65.7 Å². The zero-order valence-corrected chi connectivity index (χ0v) is 15.6. The Balaban J connectivity index is 1.77. The summed E-state index contributed by atoms with van der Waals surface area (Å²) < 4.78 is 32.5. The fourth-order valence-electron chi connectivity index (χ4n) is 3.16. The van der Waals surface area contributed by atoms with Crippen molar-refractivity contribution in [3.8, 4) is 6.07 Å². The maximum absolute atomic E-state index is 13.0. The fourth-order valence-corrected chi connectivity index (χ4v) is 4.82. The molecule has 1 heterocycles. The van der Waals surface area contributed by atoms with Gasteiger partial charge in [-0.05, 0) is 37.5 Å². The van der Waals surface area contributed by atoms with Crippen LogP contribution in [0.2, 0.25) is 0 Å². The molecule has 140 valence electrons. The summed E-state index contributed by atoms with van der Waals surface area (Å²) in [7, 11) is -3.77. The third-order valence-corrected chi connectivity index (χ3v) is 6.51. The number of sulfonamides is 1. The Morgan fingerprint density at radius 2 is 1.81 bits per heavy atom. The lowest BCUT2D eigenvalue weighted by Gasteiger charge is -2.33. The second-order valence-corrected chi connectivity index (χ2v) is 8.21. The zero-order chi connectivity index (χ0) is 19.3. The van der Waals surface area contributed by atoms with Gasteiger partial charge in [0, 0.05) is 12.1 Å². The van der Waals surface area contributed by atoms with Gasteiger partial charge in [0.25, 0.3) is 0 Å². The van der Waals surface area contributed by atoms with E-state index in [0.717, 1.165) is 6.42 Å². The van der Waals surface area contributed by atoms with Gasteiger partial charge in [-0.3, -0.25) is 4.79 Å². The molecule has 6 nitrogen and oxygen atoms in total. The van der Waals surface area contributed by atoms with Crippen LogP contribution in [0.5, 0.6) is 0 Å². The first-order valence-electron chi connectivity index (χ1n) is 8.75. The van der Waals surface area contributed by atoms with Crippen molar-refractivity contribution in [3.63, 3.8) is 0 Å². The minimum Gasteiger partial charge on any atom is -0.460 e. The van der Waals surface area contributed by atoms with Crippen molar-refractivity contribution >= 4 is 16.0 Å². The number of piperidine rings is 1. The highest BCUT2D eigenvalue weighted by molar-refractivity contribution is 7.89. The van der Waals surface area contributed by atoms with Crippen LogP contribution < -0.4 is 0 Å². The Hall–Kier alpha value is -2.69. The van der Waals surface area contributed by atoms with Crippen LogP contribution in [0.4, 0.5) is 0 Å². The van der Waals surface area contributed by atoms with Gasteiger partial charge < -0.3 is 4.74 Å². The molecular weight excluding hydrogens is 364 g/mol. The van der Waals surface area contributed by atoms with E-state index < -0.39 is 22.0 Å². The lowest BCUT2D eigenvalue weighted by Crippen LogP contribution is -2.48. The van der Waals surface area contributed by atoms with E-state index in [1.165, 1.54) is 16.4 Å². The summed E-state index contributed by atoms with van der Waals surface area (Å²) in [6, 6.07) is 16.2. The molecule has 0 radical (unpaired) electrons. The summed E-state index contributed by atoms with van der Waals surface area (Å²) >= 11 is 0. The van der Waals surface area contributed by atoms with Gasteiger partial charge in [0.2, 0.25) is 10.0 Å². The van der Waals surface area contributed by atoms with E-state index >= 15 is 0 Å². The molecule has 1 saturated heterocycles. The molecule has 27 heavy (non-hydrogen) atoms. The molecule has 0 aromatic heterocycles. The summed E-state index contributed by atoms with van der Waals surface area (Å²) in [4.78, 5) is 12.8. The monoisotopic (exact) mass is 384 g/mol. The summed E-state index contributed by atoms with van der Waals surface area (Å²) in [5.41, 5.74) is 1.03. The highest BCUT2D eigenvalue weighted by Gasteiger charge is 2.38. The smallest absolute Gasteiger partial charge is 0.324 e. The van der Waals surface area contributed by atoms with Crippen LogP contribution in [0.1, 0.15) is 30.4 Å². The highest BCUT2D eigenvalue weighted by Crippen LogP contribution is 2.26. The van der Waals surface area contributed by atoms with Crippen LogP contribution in [0.25, 0.3) is 0 Å². The third kappa shape index (κ3) is 4.18. The molecular formula is C20H20N2O4S. The van der Waals surface area contributed by atoms with Gasteiger partial charge in [-0.15, -0.1) is 0 Å². The quantitative estimate of drug-likeness (QED) is 0.740. The van der Waals surface area contributed by atoms with Crippen LogP contribution in [0, 0.1) is 11.3 Å². The van der Waals surface area contributed by atoms with Crippen molar-refractivity contribution in [2.45, 2.75) is 36.8 Å². The second kappa shape index (κ2) is 8.33. The first-order chi connectivity index (χ1) is 13.0. The largest absolute Gasteiger partial charge is 0.460 e. The fraction of sp³-hybridized carbons (Fsp3) is 0.300. The average molecular weight is 384 g/mol. The molecule has 1 fully saturated rings. The van der Waals surface area contributed by atoms with E-state index in [4.69, 9.17) is 10.00 Å². The number of benzene rings is 2. The molecule has 0 N–H and O–H groups in total. The lowest BCUT2D eigenvalue weighted by molar-refractivity contribution is -0.150. The SMILES string of the molecule is N#Cc1ccccc1COC(=O)[C@@H]1CCCCN1S(=O)(=O)c1ccccc1. The van der Waals surface area contributed by atoms with E-state index in [1.54, 1.807) is 42.5 Å². The number of hydrogen-bond donors (Lipinski definition) is 0. The molecule has 1 aliphatic rings. The first-order valence-corrected chi connectivity index (χ1v) is 10.2. The van der Waals surface area contributed by atoms with E-state index in [0.29, 0.717) is 24.0 Å². The van der Waals surface area contributed by atoms with Crippen molar-refractivity contribution in [1.82, 2.24) is 4.31 Å². The summed E-state index contributed by atoms with van der Waals surface area (Å²) in [6.07, 6.45) is 1.88. The maximum Gasteiger partial charge on any atom is 0.324 e. The van der Waals surface area contributed by atoms with Gasteiger partial charge in [0.15, 0.2) is 0 Å². The molecule has 0 bridgehead atoms. The Morgan fingerprint density at radius 1 is 1.11 bits per heavy atom. The van der Waals surface area contributed by atoms with Crippen LogP contribution in [0.3, 0.4) is 0 Å². The Labute approximate surface area is 159 Å². The van der Waals surface area contributed by atoms with E-state index in [-0.39, 0.29) is 18.0 Å². The number of hydrogen-bond acceptors (Lipinski definition) is 5. The minimum atomic E-state index is -3.77. The normalized spacial score (nSPS) is 17.8. The Bertz CT molecular complexity index is 951. The number of esters is 1. The number of nitriles is 1. The van der Waals surface area contributed by atoms with Gasteiger partial charge in [0.05, 0.1) is 16.5 Å². The van der Waals surface area contributed by atoms with E-state index in [2.05, 4.69) is 6.07 Å². The predicted molar refractivity (Wildman–Crippen MR) is 98.9 cm³/mol. The molecule has 3 rings (SSSR count). The number of ether oxygens (including phenoxy) is 1. The molecule has 2 aromatic rings. The second-order valence-electron chi connectivity index (χ2n) is 6.32. The standard InChI is InChI=1S/C20H20N2O4S/c21-14-16-8-4-5-9-17(16)15-26-20(23)19-12-6-7-13-22(19)27(24,25)18-10-2-1-3-11-18/h1-5,8-11,19H,6-7,12-13,15H2/t19-/m0/s1. The zero-order valence-electron chi connectivity index (χ0n) is 14.7. The van der Waals surface area contributed by atoms with Crippen molar-refractivity contribution in [2.24, 2.45) is 0 Å². The number of carbonyl (C=O) groups excluding carboxylic acids is 1. The van der Waals surface area contributed by atoms with Crippen molar-refractivity contribution < 1.29 is 17.9 Å². The summed E-state index contributed by atoms with van der Waals surface area (Å²) in [6.45, 7) is 0.226. The number of nitrogens with zero attached hydrogens (tertiary/aromatic N) is 2. The van der Waals surface area contributed by atoms with Gasteiger partial charge in [-0.2, -0.15) is 9.57 Å². The molecule has 0 saturated carbocycles. The minimum absolute atomic E-state index is 0.0573. The Kier molecular flexibility index (Phi) is 5.89. The Morgan fingerprint density at radius 3 is 2.56 bits per heavy atom. The third-order valence-electron chi connectivity index (χ3n) is 4.58. The molecule has 1 atom stereocenters. The van der Waals surface area contributed by atoms with Crippen LogP contribution in [-0.2, 0) is 26.2 Å².